The summed E-state index contributed by atoms with van der Waals surface area (Å²) in [5, 5.41) is 16.0. The minimum Gasteiger partial charge on any atom is -0.502 e. The number of carbonyl (C=O) groups excluding carboxylic acids is 2. The van der Waals surface area contributed by atoms with Crippen molar-refractivity contribution < 1.29 is 33.6 Å². The Hall–Kier alpha value is -4.04. The second-order valence-corrected chi connectivity index (χ2v) is 13.5. The zero-order valence-electron chi connectivity index (χ0n) is 25.2. The molecule has 4 aromatic rings. The number of benzene rings is 2. The number of thiophene rings is 1. The highest BCUT2D eigenvalue weighted by Gasteiger charge is 2.37. The first kappa shape index (κ1) is 29.4. The van der Waals surface area contributed by atoms with Crippen LogP contribution in [-0.4, -0.2) is 96.5 Å². The third kappa shape index (κ3) is 5.20. The van der Waals surface area contributed by atoms with E-state index < -0.39 is 5.75 Å². The molecule has 2 aromatic heterocycles. The van der Waals surface area contributed by atoms with Gasteiger partial charge in [0.05, 0.1) is 30.0 Å². The molecule has 0 spiro atoms. The van der Waals surface area contributed by atoms with Crippen molar-refractivity contribution >= 4 is 51.1 Å². The van der Waals surface area contributed by atoms with E-state index >= 15 is 0 Å². The Balaban J connectivity index is 1.17. The largest absolute Gasteiger partial charge is 0.502 e. The average Bonchev–Trinajstić information content (AvgIpc) is 3.71. The van der Waals surface area contributed by atoms with Gasteiger partial charge in [0, 0.05) is 59.6 Å². The third-order valence-electron chi connectivity index (χ3n) is 9.71. The number of hydrogen-bond acceptors (Lipinski definition) is 13. The predicted octanol–water partition coefficient (Wildman–Crippen LogP) is 3.86. The van der Waals surface area contributed by atoms with Crippen molar-refractivity contribution in [1.82, 2.24) is 20.2 Å². The summed E-state index contributed by atoms with van der Waals surface area (Å²) in [6, 6.07) is 11.2. The van der Waals surface area contributed by atoms with Gasteiger partial charge in [0.15, 0.2) is 17.3 Å². The number of nitrogens with zero attached hydrogens (tertiary/aromatic N) is 4. The highest BCUT2D eigenvalue weighted by molar-refractivity contribution is 7.22. The van der Waals surface area contributed by atoms with Crippen LogP contribution in [-0.2, 0) is 14.3 Å². The lowest BCUT2D eigenvalue weighted by Gasteiger charge is -2.34. The maximum absolute atomic E-state index is 11.6. The van der Waals surface area contributed by atoms with E-state index in [0.717, 1.165) is 62.6 Å². The normalized spacial score (nSPS) is 24.0. The molecule has 2 N–H and O–H groups in total. The van der Waals surface area contributed by atoms with Gasteiger partial charge in [-0.3, -0.25) is 14.5 Å². The van der Waals surface area contributed by atoms with Gasteiger partial charge in [-0.1, -0.05) is 24.3 Å². The number of hydrogen-bond donors (Lipinski definition) is 2. The Morgan fingerprint density at radius 3 is 2.43 bits per heavy atom. The number of aromatic nitrogens is 2. The average molecular weight is 646 g/mol. The van der Waals surface area contributed by atoms with Crippen molar-refractivity contribution in [3.63, 3.8) is 0 Å². The fraction of sp³-hybridized carbons (Fsp3) is 0.455. The summed E-state index contributed by atoms with van der Waals surface area (Å²) >= 11 is 1.46. The standard InChI is InChI=1S/C33H35N5O7S/c39-17-44-29-24-5-2-1-4-23(24)27(30(28(29)41)45-18-40)26-12-25-31(46-26)32(37-13-19-6-7-20(14-37)34-19)36-33(35-25)43-11-3-10-38-21-8-9-22(38)16-42-15-21/h1-2,4-5,12,17-22,34,41H,3,6-11,13-16H2/t19-,20+,21?,22?. The Kier molecular flexibility index (Phi) is 7.84. The van der Waals surface area contributed by atoms with Gasteiger partial charge in [0.2, 0.25) is 5.75 Å². The smallest absolute Gasteiger partial charge is 0.319 e. The van der Waals surface area contributed by atoms with Gasteiger partial charge in [0.25, 0.3) is 12.9 Å². The lowest BCUT2D eigenvalue weighted by molar-refractivity contribution is -0.121. The van der Waals surface area contributed by atoms with Gasteiger partial charge in [0.1, 0.15) is 0 Å². The highest BCUT2D eigenvalue weighted by Crippen LogP contribution is 2.52. The molecule has 2 unspecified atom stereocenters. The van der Waals surface area contributed by atoms with Gasteiger partial charge in [-0.15, -0.1) is 11.3 Å². The number of phenolic OH excluding ortho intramolecular Hbond substituents is 1. The molecule has 4 aliphatic heterocycles. The Bertz CT molecular complexity index is 1770. The van der Waals surface area contributed by atoms with E-state index in [9.17, 15) is 14.7 Å². The maximum atomic E-state index is 11.6. The van der Waals surface area contributed by atoms with E-state index in [0.29, 0.717) is 63.5 Å². The lowest BCUT2D eigenvalue weighted by Crippen LogP contribution is -2.51. The Labute approximate surface area is 269 Å². The van der Waals surface area contributed by atoms with E-state index in [1.165, 1.54) is 24.2 Å². The van der Waals surface area contributed by atoms with Crippen LogP contribution in [0.25, 0.3) is 31.4 Å². The second kappa shape index (κ2) is 12.3. The first-order valence-electron chi connectivity index (χ1n) is 15.9. The number of carbonyl (C=O) groups is 2. The topological polar surface area (TPSA) is 136 Å². The number of rotatable bonds is 11. The molecule has 2 aromatic carbocycles. The number of phenols is 1. The summed E-state index contributed by atoms with van der Waals surface area (Å²) in [4.78, 5) is 38.3. The molecule has 0 saturated carbocycles. The summed E-state index contributed by atoms with van der Waals surface area (Å²) in [5.41, 5.74) is 1.20. The fourth-order valence-corrected chi connectivity index (χ4v) is 8.87. The molecule has 240 valence electrons. The number of ether oxygens (including phenoxy) is 4. The number of fused-ring (bicyclic) bond motifs is 6. The molecule has 4 saturated heterocycles. The Morgan fingerprint density at radius 1 is 0.978 bits per heavy atom. The van der Waals surface area contributed by atoms with Crippen LogP contribution in [0.2, 0.25) is 0 Å². The molecule has 8 rings (SSSR count). The van der Waals surface area contributed by atoms with E-state index in [2.05, 4.69) is 15.1 Å². The maximum Gasteiger partial charge on any atom is 0.319 e. The molecule has 4 bridgehead atoms. The summed E-state index contributed by atoms with van der Waals surface area (Å²) in [7, 11) is 0. The monoisotopic (exact) mass is 645 g/mol. The van der Waals surface area contributed by atoms with Gasteiger partial charge in [-0.05, 0) is 43.6 Å². The van der Waals surface area contributed by atoms with Crippen LogP contribution in [0.4, 0.5) is 5.82 Å². The van der Waals surface area contributed by atoms with Crippen molar-refractivity contribution in [1.29, 1.82) is 0 Å². The van der Waals surface area contributed by atoms with Gasteiger partial charge in [-0.25, -0.2) is 0 Å². The quantitative estimate of drug-likeness (QED) is 0.181. The number of piperazine rings is 1. The Morgan fingerprint density at radius 2 is 1.70 bits per heavy atom. The molecule has 46 heavy (non-hydrogen) atoms. The summed E-state index contributed by atoms with van der Waals surface area (Å²) < 4.78 is 23.3. The molecule has 4 aliphatic rings. The van der Waals surface area contributed by atoms with Crippen molar-refractivity contribution in [3.05, 3.63) is 30.3 Å². The van der Waals surface area contributed by atoms with Crippen LogP contribution in [0, 0.1) is 0 Å². The lowest BCUT2D eigenvalue weighted by atomic mass is 10.00. The molecular formula is C33H35N5O7S. The third-order valence-corrected chi connectivity index (χ3v) is 10.8. The SMILES string of the molecule is O=COc1c(O)c(OC=O)c2ccccc2c1-c1cc2nc(OCCCN3C4CCC3COC4)nc(N3C[C@H]4CC[C@@H](C3)N4)c2s1. The summed E-state index contributed by atoms with van der Waals surface area (Å²) in [6.07, 6.45) is 5.52. The molecule has 6 heterocycles. The van der Waals surface area contributed by atoms with E-state index in [1.807, 2.05) is 18.2 Å². The highest BCUT2D eigenvalue weighted by atomic mass is 32.1. The zero-order chi connectivity index (χ0) is 31.2. The van der Waals surface area contributed by atoms with Crippen molar-refractivity contribution in [2.24, 2.45) is 0 Å². The minimum absolute atomic E-state index is 0.0788. The molecule has 4 fully saturated rings. The second-order valence-electron chi connectivity index (χ2n) is 12.4. The zero-order valence-corrected chi connectivity index (χ0v) is 26.0. The summed E-state index contributed by atoms with van der Waals surface area (Å²) in [5.74, 6) is 0.200. The molecule has 0 amide bonds. The van der Waals surface area contributed by atoms with Crippen LogP contribution in [0.1, 0.15) is 32.1 Å². The van der Waals surface area contributed by atoms with Crippen molar-refractivity contribution in [2.75, 3.05) is 44.4 Å². The van der Waals surface area contributed by atoms with Crippen molar-refractivity contribution in [2.45, 2.75) is 56.3 Å². The predicted molar refractivity (Wildman–Crippen MR) is 172 cm³/mol. The van der Waals surface area contributed by atoms with Crippen molar-refractivity contribution in [3.8, 4) is 33.7 Å². The number of anilines is 1. The van der Waals surface area contributed by atoms with Crippen LogP contribution in [0.3, 0.4) is 0 Å². The van der Waals surface area contributed by atoms with Crippen LogP contribution in [0.5, 0.6) is 23.3 Å². The van der Waals surface area contributed by atoms with Gasteiger partial charge < -0.3 is 34.3 Å². The first-order chi connectivity index (χ1) is 22.6. The van der Waals surface area contributed by atoms with E-state index in [-0.39, 0.29) is 24.4 Å². The molecule has 4 atom stereocenters. The molecular weight excluding hydrogens is 610 g/mol. The molecule has 13 heteroatoms. The molecule has 12 nitrogen and oxygen atoms in total. The number of aromatic hydroxyl groups is 1. The molecule has 0 radical (unpaired) electrons. The van der Waals surface area contributed by atoms with E-state index in [1.54, 1.807) is 12.1 Å². The molecule has 0 aliphatic carbocycles. The minimum atomic E-state index is -0.437. The van der Waals surface area contributed by atoms with Gasteiger partial charge in [-0.2, -0.15) is 9.97 Å². The van der Waals surface area contributed by atoms with Crippen LogP contribution < -0.4 is 24.4 Å². The fourth-order valence-electron chi connectivity index (χ4n) is 7.70. The first-order valence-corrected chi connectivity index (χ1v) is 16.7. The summed E-state index contributed by atoms with van der Waals surface area (Å²) in [6.45, 7) is 5.23. The van der Waals surface area contributed by atoms with Gasteiger partial charge >= 0.3 is 6.01 Å². The van der Waals surface area contributed by atoms with E-state index in [4.69, 9.17) is 28.9 Å². The van der Waals surface area contributed by atoms with Crippen LogP contribution >= 0.6 is 11.3 Å². The number of nitrogens with one attached hydrogen (secondary N) is 1. The van der Waals surface area contributed by atoms with Crippen LogP contribution in [0.15, 0.2) is 30.3 Å². The number of morpholine rings is 1.